The van der Waals surface area contributed by atoms with E-state index in [0.29, 0.717) is 36.2 Å². The number of benzene rings is 3. The van der Waals surface area contributed by atoms with Gasteiger partial charge in [-0.2, -0.15) is 0 Å². The lowest BCUT2D eigenvalue weighted by Gasteiger charge is -2.20. The zero-order chi connectivity index (χ0) is 27.1. The molecule has 0 saturated heterocycles. The van der Waals surface area contributed by atoms with Crippen LogP contribution >= 0.6 is 0 Å². The summed E-state index contributed by atoms with van der Waals surface area (Å²) in [4.78, 5) is 18.3. The van der Waals surface area contributed by atoms with Crippen LogP contribution in [0, 0.1) is 0 Å². The van der Waals surface area contributed by atoms with Crippen LogP contribution in [0.1, 0.15) is 76.3 Å². The zero-order valence-electron chi connectivity index (χ0n) is 23.4. The van der Waals surface area contributed by atoms with Gasteiger partial charge in [-0.1, -0.05) is 70.9 Å². The molecule has 0 N–H and O–H groups in total. The lowest BCUT2D eigenvalue weighted by molar-refractivity contribution is 0.296. The number of hydrogen-bond donors (Lipinski definition) is 0. The third-order valence-electron chi connectivity index (χ3n) is 7.05. The van der Waals surface area contributed by atoms with Crippen molar-refractivity contribution in [2.75, 3.05) is 13.7 Å². The highest BCUT2D eigenvalue weighted by atomic mass is 16.5. The number of fused-ring (bicyclic) bond motifs is 1. The molecule has 0 unspecified atom stereocenters. The first-order valence-electron chi connectivity index (χ1n) is 13.8. The molecule has 1 heterocycles. The summed E-state index contributed by atoms with van der Waals surface area (Å²) in [7, 11) is 1.65. The van der Waals surface area contributed by atoms with E-state index in [0.717, 1.165) is 48.3 Å². The largest absolute Gasteiger partial charge is 0.497 e. The highest BCUT2D eigenvalue weighted by Crippen LogP contribution is 2.34. The summed E-state index contributed by atoms with van der Waals surface area (Å²) in [6.45, 7) is 10.2. The van der Waals surface area contributed by atoms with Crippen molar-refractivity contribution in [1.29, 1.82) is 0 Å². The Balaban J connectivity index is 1.40. The van der Waals surface area contributed by atoms with Crippen molar-refractivity contribution in [2.24, 2.45) is 0 Å². The first-order valence-corrected chi connectivity index (χ1v) is 13.8. The summed E-state index contributed by atoms with van der Waals surface area (Å²) < 4.78 is 13.5. The standard InChI is InChI=1S/C33H40N2O3/c1-23(2)27-14-12-15-28(24(3)4)31(27)38-22-11-7-6-10-21-35-32(25-17-19-26(37-5)20-18-25)34-30-16-9-8-13-29(30)33(35)36/h8-9,12-20,23-24H,6-7,10-11,21-22H2,1-5H3. The number of ether oxygens (including phenoxy) is 2. The van der Waals surface area contributed by atoms with Gasteiger partial charge in [-0.15, -0.1) is 0 Å². The summed E-state index contributed by atoms with van der Waals surface area (Å²) in [6, 6.07) is 21.8. The average molecular weight is 513 g/mol. The molecule has 0 aliphatic carbocycles. The number of aromatic nitrogens is 2. The lowest BCUT2D eigenvalue weighted by atomic mass is 9.94. The first-order chi connectivity index (χ1) is 18.4. The summed E-state index contributed by atoms with van der Waals surface area (Å²) in [5, 5.41) is 0.655. The van der Waals surface area contributed by atoms with Crippen molar-refractivity contribution in [2.45, 2.75) is 71.8 Å². The molecule has 1 aromatic heterocycles. The molecule has 0 aliphatic rings. The van der Waals surface area contributed by atoms with Gasteiger partial charge in [0.2, 0.25) is 0 Å². The van der Waals surface area contributed by atoms with Crippen LogP contribution in [0.3, 0.4) is 0 Å². The fraction of sp³-hybridized carbons (Fsp3) is 0.394. The average Bonchev–Trinajstić information content (AvgIpc) is 2.93. The predicted molar refractivity (Wildman–Crippen MR) is 157 cm³/mol. The van der Waals surface area contributed by atoms with Crippen molar-refractivity contribution < 1.29 is 9.47 Å². The van der Waals surface area contributed by atoms with Crippen molar-refractivity contribution >= 4 is 10.9 Å². The molecule has 0 bridgehead atoms. The molecule has 0 fully saturated rings. The molecule has 0 aliphatic heterocycles. The van der Waals surface area contributed by atoms with Gasteiger partial charge in [-0.05, 0) is 72.2 Å². The van der Waals surface area contributed by atoms with Crippen LogP contribution in [-0.4, -0.2) is 23.3 Å². The summed E-state index contributed by atoms with van der Waals surface area (Å²) >= 11 is 0. The van der Waals surface area contributed by atoms with E-state index in [1.807, 2.05) is 53.1 Å². The minimum absolute atomic E-state index is 0.0104. The van der Waals surface area contributed by atoms with Gasteiger partial charge in [-0.3, -0.25) is 9.36 Å². The molecule has 3 aromatic carbocycles. The maximum absolute atomic E-state index is 13.4. The van der Waals surface area contributed by atoms with Gasteiger partial charge in [0.05, 0.1) is 24.6 Å². The molecule has 0 radical (unpaired) electrons. The van der Waals surface area contributed by atoms with Crippen LogP contribution in [0.4, 0.5) is 0 Å². The van der Waals surface area contributed by atoms with E-state index < -0.39 is 0 Å². The molecule has 0 saturated carbocycles. The molecule has 0 amide bonds. The normalized spacial score (nSPS) is 11.4. The van der Waals surface area contributed by atoms with Gasteiger partial charge >= 0.3 is 0 Å². The van der Waals surface area contributed by atoms with Crippen LogP contribution in [0.25, 0.3) is 22.3 Å². The third kappa shape index (κ3) is 6.27. The van der Waals surface area contributed by atoms with Crippen LogP contribution < -0.4 is 15.0 Å². The second-order valence-electron chi connectivity index (χ2n) is 10.5. The van der Waals surface area contributed by atoms with Crippen molar-refractivity contribution in [3.63, 3.8) is 0 Å². The Morgan fingerprint density at radius 2 is 1.45 bits per heavy atom. The summed E-state index contributed by atoms with van der Waals surface area (Å²) in [5.41, 5.74) is 4.21. The van der Waals surface area contributed by atoms with E-state index in [2.05, 4.69) is 45.9 Å². The van der Waals surface area contributed by atoms with Crippen LogP contribution in [0.15, 0.2) is 71.5 Å². The number of nitrogens with zero attached hydrogens (tertiary/aromatic N) is 2. The monoisotopic (exact) mass is 512 g/mol. The van der Waals surface area contributed by atoms with Crippen molar-refractivity contribution in [3.8, 4) is 22.9 Å². The quantitative estimate of drug-likeness (QED) is 0.181. The predicted octanol–water partition coefficient (Wildman–Crippen LogP) is 7.96. The van der Waals surface area contributed by atoms with Gasteiger partial charge < -0.3 is 9.47 Å². The van der Waals surface area contributed by atoms with Gasteiger partial charge in [0.1, 0.15) is 17.3 Å². The molecule has 4 rings (SSSR count). The Morgan fingerprint density at radius 1 is 0.789 bits per heavy atom. The Hall–Kier alpha value is -3.60. The highest BCUT2D eigenvalue weighted by Gasteiger charge is 2.15. The molecular weight excluding hydrogens is 472 g/mol. The van der Waals surface area contributed by atoms with Gasteiger partial charge in [0.15, 0.2) is 0 Å². The lowest BCUT2D eigenvalue weighted by Crippen LogP contribution is -2.23. The van der Waals surface area contributed by atoms with E-state index in [-0.39, 0.29) is 5.56 Å². The molecule has 5 heteroatoms. The fourth-order valence-electron chi connectivity index (χ4n) is 4.89. The Morgan fingerprint density at radius 3 is 2.11 bits per heavy atom. The minimum Gasteiger partial charge on any atom is -0.497 e. The maximum Gasteiger partial charge on any atom is 0.261 e. The SMILES string of the molecule is COc1ccc(-c2nc3ccccc3c(=O)n2CCCCCCOc2c(C(C)C)cccc2C(C)C)cc1. The van der Waals surface area contributed by atoms with Crippen molar-refractivity contribution in [1.82, 2.24) is 9.55 Å². The van der Waals surface area contributed by atoms with E-state index in [1.54, 1.807) is 7.11 Å². The van der Waals surface area contributed by atoms with E-state index in [1.165, 1.54) is 11.1 Å². The highest BCUT2D eigenvalue weighted by molar-refractivity contribution is 5.79. The molecule has 0 spiro atoms. The number of methoxy groups -OCH3 is 1. The van der Waals surface area contributed by atoms with Gasteiger partial charge in [0.25, 0.3) is 5.56 Å². The Kier molecular flexibility index (Phi) is 9.22. The second-order valence-corrected chi connectivity index (χ2v) is 10.5. The molecule has 0 atom stereocenters. The fourth-order valence-corrected chi connectivity index (χ4v) is 4.89. The minimum atomic E-state index is 0.0104. The first kappa shape index (κ1) is 27.4. The molecule has 38 heavy (non-hydrogen) atoms. The van der Waals surface area contributed by atoms with E-state index >= 15 is 0 Å². The Labute approximate surface area is 226 Å². The molecular formula is C33H40N2O3. The topological polar surface area (TPSA) is 53.3 Å². The summed E-state index contributed by atoms with van der Waals surface area (Å²) in [6.07, 6.45) is 3.96. The smallest absolute Gasteiger partial charge is 0.261 e. The Bertz CT molecular complexity index is 1380. The van der Waals surface area contributed by atoms with E-state index in [4.69, 9.17) is 14.5 Å². The maximum atomic E-state index is 13.4. The summed E-state index contributed by atoms with van der Waals surface area (Å²) in [5.74, 6) is 3.40. The van der Waals surface area contributed by atoms with Crippen LogP contribution in [0.2, 0.25) is 0 Å². The molecule has 5 nitrogen and oxygen atoms in total. The van der Waals surface area contributed by atoms with Gasteiger partial charge in [0, 0.05) is 12.1 Å². The van der Waals surface area contributed by atoms with Crippen LogP contribution in [-0.2, 0) is 6.54 Å². The van der Waals surface area contributed by atoms with Gasteiger partial charge in [-0.25, -0.2) is 4.98 Å². The van der Waals surface area contributed by atoms with Crippen LogP contribution in [0.5, 0.6) is 11.5 Å². The van der Waals surface area contributed by atoms with Crippen molar-refractivity contribution in [3.05, 3.63) is 88.2 Å². The zero-order valence-corrected chi connectivity index (χ0v) is 23.4. The second kappa shape index (κ2) is 12.8. The molecule has 4 aromatic rings. The third-order valence-corrected chi connectivity index (χ3v) is 7.05. The number of rotatable bonds is 12. The molecule has 200 valence electrons. The number of para-hydroxylation sites is 2. The van der Waals surface area contributed by atoms with E-state index in [9.17, 15) is 4.79 Å². The number of hydrogen-bond acceptors (Lipinski definition) is 4. The number of unbranched alkanes of at least 4 members (excludes halogenated alkanes) is 3.